The number of carbonyl (C=O) groups is 2. The summed E-state index contributed by atoms with van der Waals surface area (Å²) in [5, 5.41) is 2.98. The lowest BCUT2D eigenvalue weighted by Gasteiger charge is -2.31. The molecule has 2 aliphatic carbocycles. The maximum absolute atomic E-state index is 14.1. The monoisotopic (exact) mass is 353 g/mol. The predicted molar refractivity (Wildman–Crippen MR) is 95.2 cm³/mol. The number of aldehydes is 1. The molecule has 0 radical (unpaired) electrons. The first kappa shape index (κ1) is 18.7. The van der Waals surface area contributed by atoms with Crippen LogP contribution in [0.15, 0.2) is 29.3 Å². The summed E-state index contributed by atoms with van der Waals surface area (Å²) in [5.41, 5.74) is 6.43. The van der Waals surface area contributed by atoms with Gasteiger partial charge in [-0.25, -0.2) is 4.39 Å². The molecular weight excluding hydrogens is 329 g/mol. The van der Waals surface area contributed by atoms with Gasteiger partial charge in [0.2, 0.25) is 5.91 Å². The van der Waals surface area contributed by atoms with Crippen molar-refractivity contribution in [2.75, 3.05) is 5.75 Å². The van der Waals surface area contributed by atoms with Gasteiger partial charge in [0.1, 0.15) is 6.29 Å². The number of nitrogens with two attached hydrogens (primary N) is 1. The zero-order valence-electron chi connectivity index (χ0n) is 14.0. The number of carbonyl (C=O) groups excluding carboxylic acids is 2. The van der Waals surface area contributed by atoms with Crippen molar-refractivity contribution in [1.82, 2.24) is 5.32 Å². The van der Waals surface area contributed by atoms with Crippen LogP contribution in [-0.4, -0.2) is 34.9 Å². The first-order chi connectivity index (χ1) is 11.3. The molecular formula is C17H24FN3O2S. The largest absolute Gasteiger partial charge is 0.369 e. The lowest BCUT2D eigenvalue weighted by Crippen LogP contribution is -2.41. The van der Waals surface area contributed by atoms with E-state index in [-0.39, 0.29) is 40.7 Å². The Kier molecular flexibility index (Phi) is 6.21. The van der Waals surface area contributed by atoms with E-state index in [1.807, 2.05) is 0 Å². The second-order valence-electron chi connectivity index (χ2n) is 6.48. The minimum Gasteiger partial charge on any atom is -0.369 e. The number of nitrogens with one attached hydrogen (secondary N) is 1. The number of hydrogen-bond donors (Lipinski definition) is 2. The molecule has 2 bridgehead atoms. The highest BCUT2D eigenvalue weighted by Crippen LogP contribution is 2.53. The molecule has 2 aliphatic rings. The fourth-order valence-electron chi connectivity index (χ4n) is 3.78. The summed E-state index contributed by atoms with van der Waals surface area (Å²) >= 11 is 1.59. The third-order valence-corrected chi connectivity index (χ3v) is 6.04. The van der Waals surface area contributed by atoms with E-state index in [1.165, 1.54) is 6.20 Å². The van der Waals surface area contributed by atoms with Gasteiger partial charge in [-0.05, 0) is 38.5 Å². The first-order valence-electron chi connectivity index (χ1n) is 8.02. The van der Waals surface area contributed by atoms with E-state index in [2.05, 4.69) is 16.9 Å². The van der Waals surface area contributed by atoms with Crippen molar-refractivity contribution in [2.24, 2.45) is 28.5 Å². The van der Waals surface area contributed by atoms with Gasteiger partial charge in [-0.3, -0.25) is 9.79 Å². The SMILES string of the molecule is C=C(C)NC=C(F)C(C)=NC1C2CC(CC2SCC=O)C1C(N)=O. The highest BCUT2D eigenvalue weighted by atomic mass is 32.2. The quantitative estimate of drug-likeness (QED) is 0.517. The lowest BCUT2D eigenvalue weighted by atomic mass is 9.84. The van der Waals surface area contributed by atoms with E-state index in [1.54, 1.807) is 25.6 Å². The van der Waals surface area contributed by atoms with Crippen LogP contribution in [0.4, 0.5) is 4.39 Å². The van der Waals surface area contributed by atoms with Gasteiger partial charge in [-0.2, -0.15) is 11.8 Å². The van der Waals surface area contributed by atoms with Crippen LogP contribution in [0.5, 0.6) is 0 Å². The molecule has 5 unspecified atom stereocenters. The molecule has 0 heterocycles. The van der Waals surface area contributed by atoms with Gasteiger partial charge in [0.25, 0.3) is 0 Å². The maximum Gasteiger partial charge on any atom is 0.222 e. The zero-order chi connectivity index (χ0) is 17.9. The number of nitrogens with zero attached hydrogens (tertiary/aromatic N) is 1. The minimum atomic E-state index is -0.485. The minimum absolute atomic E-state index is 0.161. The molecule has 0 saturated heterocycles. The summed E-state index contributed by atoms with van der Waals surface area (Å²) < 4.78 is 14.1. The van der Waals surface area contributed by atoms with Crippen molar-refractivity contribution in [3.63, 3.8) is 0 Å². The number of halogens is 1. The Hall–Kier alpha value is -1.63. The first-order valence-corrected chi connectivity index (χ1v) is 9.07. The average molecular weight is 353 g/mol. The normalized spacial score (nSPS) is 32.7. The van der Waals surface area contributed by atoms with Gasteiger partial charge < -0.3 is 15.8 Å². The highest BCUT2D eigenvalue weighted by molar-refractivity contribution is 8.00. The van der Waals surface area contributed by atoms with Crippen LogP contribution in [0, 0.1) is 17.8 Å². The number of hydrogen-bond acceptors (Lipinski definition) is 5. The third-order valence-electron chi connectivity index (χ3n) is 4.74. The van der Waals surface area contributed by atoms with Gasteiger partial charge >= 0.3 is 0 Å². The van der Waals surface area contributed by atoms with E-state index in [0.717, 1.165) is 19.1 Å². The average Bonchev–Trinajstić information content (AvgIpc) is 3.07. The molecule has 2 rings (SSSR count). The van der Waals surface area contributed by atoms with Gasteiger partial charge in [-0.1, -0.05) is 6.58 Å². The van der Waals surface area contributed by atoms with E-state index < -0.39 is 5.83 Å². The number of allylic oxidation sites excluding steroid dienone is 2. The second kappa shape index (κ2) is 7.96. The third kappa shape index (κ3) is 4.06. The fourth-order valence-corrected chi connectivity index (χ4v) is 5.00. The molecule has 2 fully saturated rings. The Morgan fingerprint density at radius 3 is 2.75 bits per heavy atom. The standard InChI is InChI=1S/C17H24FN3O2S/c1-9(2)20-8-13(18)10(3)21-16-12-6-11(15(16)17(19)23)7-14(12)24-5-4-22/h4,8,11-12,14-16,20H,1,5-7H2,2-3H3,(H2,19,23). The molecule has 0 aliphatic heterocycles. The Morgan fingerprint density at radius 2 is 2.17 bits per heavy atom. The molecule has 24 heavy (non-hydrogen) atoms. The summed E-state index contributed by atoms with van der Waals surface area (Å²) in [4.78, 5) is 27.0. The Balaban J connectivity index is 2.19. The van der Waals surface area contributed by atoms with E-state index in [4.69, 9.17) is 5.73 Å². The number of fused-ring (bicyclic) bond motifs is 2. The Morgan fingerprint density at radius 1 is 1.46 bits per heavy atom. The van der Waals surface area contributed by atoms with E-state index in [9.17, 15) is 14.0 Å². The summed E-state index contributed by atoms with van der Waals surface area (Å²) in [6.07, 6.45) is 3.84. The van der Waals surface area contributed by atoms with Gasteiger partial charge in [-0.15, -0.1) is 0 Å². The smallest absolute Gasteiger partial charge is 0.222 e. The van der Waals surface area contributed by atoms with Crippen LogP contribution in [-0.2, 0) is 9.59 Å². The molecule has 0 aromatic rings. The van der Waals surface area contributed by atoms with E-state index >= 15 is 0 Å². The number of primary amides is 1. The second-order valence-corrected chi connectivity index (χ2v) is 7.76. The molecule has 0 aromatic heterocycles. The van der Waals surface area contributed by atoms with Crippen LogP contribution in [0.2, 0.25) is 0 Å². The van der Waals surface area contributed by atoms with Crippen LogP contribution in [0.25, 0.3) is 0 Å². The number of thioether (sulfide) groups is 1. The van der Waals surface area contributed by atoms with Crippen LogP contribution < -0.4 is 11.1 Å². The summed E-state index contributed by atoms with van der Waals surface area (Å²) in [6, 6.07) is -0.311. The Bertz CT molecular complexity index is 590. The Labute approximate surface area is 146 Å². The number of rotatable bonds is 8. The molecule has 2 saturated carbocycles. The molecule has 7 heteroatoms. The molecule has 5 nitrogen and oxygen atoms in total. The summed E-state index contributed by atoms with van der Waals surface area (Å²) in [7, 11) is 0. The van der Waals surface area contributed by atoms with Gasteiger partial charge in [0, 0.05) is 22.9 Å². The molecule has 132 valence electrons. The molecule has 5 atom stereocenters. The highest BCUT2D eigenvalue weighted by Gasteiger charge is 2.55. The van der Waals surface area contributed by atoms with Crippen LogP contribution in [0.1, 0.15) is 26.7 Å². The predicted octanol–water partition coefficient (Wildman–Crippen LogP) is 2.19. The van der Waals surface area contributed by atoms with Gasteiger partial charge in [0.15, 0.2) is 5.83 Å². The van der Waals surface area contributed by atoms with Crippen LogP contribution >= 0.6 is 11.8 Å². The molecule has 0 aromatic carbocycles. The van der Waals surface area contributed by atoms with Crippen molar-refractivity contribution in [3.8, 4) is 0 Å². The molecule has 1 amide bonds. The van der Waals surface area contributed by atoms with Crippen molar-refractivity contribution >= 4 is 29.7 Å². The van der Waals surface area contributed by atoms with Crippen molar-refractivity contribution < 1.29 is 14.0 Å². The fraction of sp³-hybridized carbons (Fsp3) is 0.588. The zero-order valence-corrected chi connectivity index (χ0v) is 14.8. The van der Waals surface area contributed by atoms with Crippen molar-refractivity contribution in [1.29, 1.82) is 0 Å². The van der Waals surface area contributed by atoms with Crippen molar-refractivity contribution in [3.05, 3.63) is 24.3 Å². The molecule has 3 N–H and O–H groups in total. The van der Waals surface area contributed by atoms with E-state index in [0.29, 0.717) is 11.4 Å². The number of amides is 1. The summed E-state index contributed by atoms with van der Waals surface area (Å²) in [6.45, 7) is 6.95. The topological polar surface area (TPSA) is 84.6 Å². The maximum atomic E-state index is 14.1. The van der Waals surface area contributed by atoms with Gasteiger partial charge in [0.05, 0.1) is 17.7 Å². The summed E-state index contributed by atoms with van der Waals surface area (Å²) in [5.74, 6) is -0.428. The van der Waals surface area contributed by atoms with Crippen molar-refractivity contribution in [2.45, 2.75) is 38.0 Å². The molecule has 0 spiro atoms. The van der Waals surface area contributed by atoms with Crippen LogP contribution in [0.3, 0.4) is 0 Å². The number of aliphatic imine (C=N–C) groups is 1. The lowest BCUT2D eigenvalue weighted by molar-refractivity contribution is -0.123.